The maximum absolute atomic E-state index is 6.94. The third-order valence-corrected chi connectivity index (χ3v) is 11.0. The van der Waals surface area contributed by atoms with Crippen LogP contribution >= 0.6 is 11.6 Å². The third kappa shape index (κ3) is 5.33. The minimum atomic E-state index is 0.120. The molecular weight excluding hydrogens is 542 g/mol. The van der Waals surface area contributed by atoms with Crippen LogP contribution in [0.3, 0.4) is 0 Å². The molecule has 0 aliphatic heterocycles. The lowest BCUT2D eigenvalue weighted by molar-refractivity contribution is 0.332. The molecule has 0 aromatic heterocycles. The maximum Gasteiger partial charge on any atom is 0.0482 e. The smallest absolute Gasteiger partial charge is 0.0482 e. The minimum absolute atomic E-state index is 0.120. The summed E-state index contributed by atoms with van der Waals surface area (Å²) in [6, 6.07) is 29.6. The van der Waals surface area contributed by atoms with Gasteiger partial charge in [0.25, 0.3) is 0 Å². The number of nitrogens with zero attached hydrogens (tertiary/aromatic N) is 1. The first-order chi connectivity index (χ1) is 20.1. The summed E-state index contributed by atoms with van der Waals surface area (Å²) in [6.07, 6.45) is 4.79. The van der Waals surface area contributed by atoms with E-state index in [-0.39, 0.29) is 21.7 Å². The number of hydrogen-bond acceptors (Lipinski definition) is 1. The molecule has 0 saturated heterocycles. The van der Waals surface area contributed by atoms with Gasteiger partial charge in [0.05, 0.1) is 0 Å². The van der Waals surface area contributed by atoms with Crippen LogP contribution in [-0.4, -0.2) is 0 Å². The predicted octanol–water partition coefficient (Wildman–Crippen LogP) is 12.5. The lowest BCUT2D eigenvalue weighted by atomic mass is 9.63. The van der Waals surface area contributed by atoms with Crippen molar-refractivity contribution in [2.24, 2.45) is 0 Å². The van der Waals surface area contributed by atoms with Gasteiger partial charge in [0, 0.05) is 22.1 Å². The Labute approximate surface area is 265 Å². The Kier molecular flexibility index (Phi) is 7.17. The van der Waals surface area contributed by atoms with Crippen LogP contribution in [0.2, 0.25) is 5.02 Å². The zero-order chi connectivity index (χ0) is 30.9. The first-order valence-electron chi connectivity index (χ1n) is 16.1. The fourth-order valence-corrected chi connectivity index (χ4v) is 7.86. The Hall–Kier alpha value is -3.03. The van der Waals surface area contributed by atoms with Gasteiger partial charge in [-0.05, 0) is 136 Å². The number of hydrogen-bond donors (Lipinski definition) is 0. The molecule has 4 aromatic carbocycles. The Balaban J connectivity index is 1.60. The SMILES string of the molecule is Cc1ccccc1-c1cc(Cl)cc(N(c2ccc3c(c2)C(C)(C)CCC3(C)C)c2ccc3c(c2)C(C)(C)CCC3(C)C)c1. The van der Waals surface area contributed by atoms with Gasteiger partial charge in [-0.1, -0.05) is 103 Å². The lowest BCUT2D eigenvalue weighted by Gasteiger charge is -2.43. The van der Waals surface area contributed by atoms with E-state index in [0.717, 1.165) is 16.3 Å². The quantitative estimate of drug-likeness (QED) is 0.229. The number of rotatable bonds is 4. The van der Waals surface area contributed by atoms with Crippen LogP contribution < -0.4 is 4.90 Å². The zero-order valence-corrected chi connectivity index (χ0v) is 28.4. The van der Waals surface area contributed by atoms with Gasteiger partial charge < -0.3 is 4.90 Å². The third-order valence-electron chi connectivity index (χ3n) is 10.8. The Morgan fingerprint density at radius 2 is 0.977 bits per heavy atom. The van der Waals surface area contributed by atoms with Crippen molar-refractivity contribution in [2.75, 3.05) is 4.90 Å². The van der Waals surface area contributed by atoms with Crippen molar-refractivity contribution in [3.63, 3.8) is 0 Å². The van der Waals surface area contributed by atoms with Crippen molar-refractivity contribution in [3.8, 4) is 11.1 Å². The second kappa shape index (κ2) is 10.3. The molecule has 0 heterocycles. The van der Waals surface area contributed by atoms with E-state index >= 15 is 0 Å². The van der Waals surface area contributed by atoms with E-state index in [4.69, 9.17) is 11.6 Å². The first-order valence-corrected chi connectivity index (χ1v) is 16.4. The van der Waals surface area contributed by atoms with E-state index in [1.807, 2.05) is 0 Å². The van der Waals surface area contributed by atoms with E-state index in [2.05, 4.69) is 146 Å². The molecule has 2 heteroatoms. The second-order valence-corrected chi connectivity index (χ2v) is 16.3. The summed E-state index contributed by atoms with van der Waals surface area (Å²) < 4.78 is 0. The summed E-state index contributed by atoms with van der Waals surface area (Å²) in [6.45, 7) is 21.4. The standard InChI is InChI=1S/C41H48ClN/c1-27-12-10-11-13-33(27)28-22-29(42)24-32(23-28)43(30-14-16-34-36(25-30)40(6,7)20-18-38(34,2)3)31-15-17-35-37(26-31)41(8,9)21-19-39(35,4)5/h10-17,22-26H,18-21H2,1-9H3. The number of fused-ring (bicyclic) bond motifs is 2. The van der Waals surface area contributed by atoms with Gasteiger partial charge in [-0.25, -0.2) is 0 Å². The van der Waals surface area contributed by atoms with Gasteiger partial charge in [-0.15, -0.1) is 0 Å². The zero-order valence-electron chi connectivity index (χ0n) is 27.7. The summed E-state index contributed by atoms with van der Waals surface area (Å²) in [7, 11) is 0. The van der Waals surface area contributed by atoms with Crippen molar-refractivity contribution in [1.82, 2.24) is 0 Å². The predicted molar refractivity (Wildman–Crippen MR) is 187 cm³/mol. The first kappa shape index (κ1) is 30.0. The largest absolute Gasteiger partial charge is 0.310 e. The average Bonchev–Trinajstić information content (AvgIpc) is 2.94. The van der Waals surface area contributed by atoms with Crippen LogP contribution in [0.1, 0.15) is 109 Å². The van der Waals surface area contributed by atoms with Crippen molar-refractivity contribution in [2.45, 2.75) is 110 Å². The van der Waals surface area contributed by atoms with E-state index in [0.29, 0.717) is 0 Å². The van der Waals surface area contributed by atoms with Crippen molar-refractivity contribution in [3.05, 3.63) is 112 Å². The Morgan fingerprint density at radius 1 is 0.512 bits per heavy atom. The van der Waals surface area contributed by atoms with Gasteiger partial charge in [0.1, 0.15) is 0 Å². The molecule has 1 nitrogen and oxygen atoms in total. The highest BCUT2D eigenvalue weighted by Gasteiger charge is 2.39. The molecule has 0 amide bonds. The molecule has 2 aliphatic carbocycles. The van der Waals surface area contributed by atoms with Crippen LogP contribution in [0, 0.1) is 6.92 Å². The van der Waals surface area contributed by atoms with Gasteiger partial charge in [0.2, 0.25) is 0 Å². The molecule has 0 fully saturated rings. The molecule has 0 N–H and O–H groups in total. The molecule has 0 atom stereocenters. The molecule has 0 bridgehead atoms. The van der Waals surface area contributed by atoms with Crippen molar-refractivity contribution < 1.29 is 0 Å². The monoisotopic (exact) mass is 589 g/mol. The van der Waals surface area contributed by atoms with E-state index < -0.39 is 0 Å². The fraction of sp³-hybridized carbons (Fsp3) is 0.415. The molecule has 6 rings (SSSR count). The molecule has 0 spiro atoms. The molecule has 0 unspecified atom stereocenters. The Bertz CT molecular complexity index is 1620. The second-order valence-electron chi connectivity index (χ2n) is 15.8. The molecule has 43 heavy (non-hydrogen) atoms. The number of anilines is 3. The van der Waals surface area contributed by atoms with Gasteiger partial charge in [0.15, 0.2) is 0 Å². The summed E-state index contributed by atoms with van der Waals surface area (Å²) in [5.41, 5.74) is 13.5. The van der Waals surface area contributed by atoms with E-state index in [9.17, 15) is 0 Å². The van der Waals surface area contributed by atoms with Crippen molar-refractivity contribution >= 4 is 28.7 Å². The molecule has 2 aliphatic rings. The number of benzene rings is 4. The maximum atomic E-state index is 6.94. The molecular formula is C41H48ClN. The highest BCUT2D eigenvalue weighted by molar-refractivity contribution is 6.31. The lowest BCUT2D eigenvalue weighted by Crippen LogP contribution is -2.34. The number of halogens is 1. The van der Waals surface area contributed by atoms with Gasteiger partial charge in [-0.3, -0.25) is 0 Å². The van der Waals surface area contributed by atoms with Gasteiger partial charge >= 0.3 is 0 Å². The number of aryl methyl sites for hydroxylation is 1. The molecule has 224 valence electrons. The van der Waals surface area contributed by atoms with Crippen LogP contribution in [-0.2, 0) is 21.7 Å². The highest BCUT2D eigenvalue weighted by atomic mass is 35.5. The Morgan fingerprint density at radius 3 is 1.47 bits per heavy atom. The normalized spacial score (nSPS) is 19.3. The molecule has 0 saturated carbocycles. The van der Waals surface area contributed by atoms with Gasteiger partial charge in [-0.2, -0.15) is 0 Å². The van der Waals surface area contributed by atoms with E-state index in [1.165, 1.54) is 70.4 Å². The summed E-state index contributed by atoms with van der Waals surface area (Å²) in [5.74, 6) is 0. The average molecular weight is 590 g/mol. The molecule has 0 radical (unpaired) electrons. The summed E-state index contributed by atoms with van der Waals surface area (Å²) in [4.78, 5) is 2.45. The van der Waals surface area contributed by atoms with Crippen molar-refractivity contribution in [1.29, 1.82) is 0 Å². The van der Waals surface area contributed by atoms with E-state index in [1.54, 1.807) is 0 Å². The minimum Gasteiger partial charge on any atom is -0.310 e. The van der Waals surface area contributed by atoms with Crippen LogP contribution in [0.15, 0.2) is 78.9 Å². The van der Waals surface area contributed by atoms with Crippen LogP contribution in [0.25, 0.3) is 11.1 Å². The van der Waals surface area contributed by atoms with Crippen LogP contribution in [0.5, 0.6) is 0 Å². The van der Waals surface area contributed by atoms with Crippen LogP contribution in [0.4, 0.5) is 17.1 Å². The summed E-state index contributed by atoms with van der Waals surface area (Å²) in [5, 5.41) is 0.750. The summed E-state index contributed by atoms with van der Waals surface area (Å²) >= 11 is 6.94. The molecule has 4 aromatic rings. The topological polar surface area (TPSA) is 3.24 Å². The highest BCUT2D eigenvalue weighted by Crippen LogP contribution is 2.51. The fourth-order valence-electron chi connectivity index (χ4n) is 7.63.